The van der Waals surface area contributed by atoms with Crippen LogP contribution in [0.3, 0.4) is 0 Å². The number of benzene rings is 2. The molecule has 0 fully saturated rings. The molecule has 0 unspecified atom stereocenters. The number of nitrogens with zero attached hydrogens (tertiary/aromatic N) is 6. The van der Waals surface area contributed by atoms with Crippen molar-refractivity contribution in [3.05, 3.63) is 90.5 Å². The lowest BCUT2D eigenvalue weighted by atomic mass is 9.98. The van der Waals surface area contributed by atoms with Crippen LogP contribution in [0.1, 0.15) is 25.1 Å². The molecule has 0 aliphatic carbocycles. The standard InChI is InChI=1S/C31H30N8OS/c1-19-5-12-28(37-36-19)38-41-23-8-6-22(7-9-23)35-29-15-25-21(16-33-29)13-14-32-30(25)24-10-11-27-26(20(24)2)17-34-39(27)18-31(3,4)40/h5-17,40H,18H2,1-4H3,(H,33,35)(H,37,38). The van der Waals surface area contributed by atoms with E-state index in [0.717, 1.165) is 60.6 Å². The second-order valence-electron chi connectivity index (χ2n) is 10.6. The number of rotatable bonds is 8. The van der Waals surface area contributed by atoms with Crippen LogP contribution in [0, 0.1) is 13.8 Å². The molecule has 206 valence electrons. The summed E-state index contributed by atoms with van der Waals surface area (Å²) in [7, 11) is 0. The number of fused-ring (bicyclic) bond motifs is 2. The highest BCUT2D eigenvalue weighted by atomic mass is 32.2. The fraction of sp³-hybridized carbons (Fsp3) is 0.194. The van der Waals surface area contributed by atoms with Gasteiger partial charge >= 0.3 is 0 Å². The molecule has 0 aliphatic heterocycles. The zero-order valence-corrected chi connectivity index (χ0v) is 24.1. The summed E-state index contributed by atoms with van der Waals surface area (Å²) in [5.41, 5.74) is 4.96. The molecule has 6 aromatic rings. The maximum Gasteiger partial charge on any atom is 0.158 e. The average Bonchev–Trinajstić information content (AvgIpc) is 3.35. The highest BCUT2D eigenvalue weighted by Crippen LogP contribution is 2.34. The highest BCUT2D eigenvalue weighted by Gasteiger charge is 2.18. The third-order valence-electron chi connectivity index (χ3n) is 6.73. The summed E-state index contributed by atoms with van der Waals surface area (Å²) >= 11 is 1.48. The Morgan fingerprint density at radius 1 is 0.878 bits per heavy atom. The third-order valence-corrected chi connectivity index (χ3v) is 7.55. The van der Waals surface area contributed by atoms with Crippen LogP contribution < -0.4 is 10.0 Å². The van der Waals surface area contributed by atoms with Crippen LogP contribution in [0.25, 0.3) is 32.9 Å². The normalized spacial score (nSPS) is 11.7. The van der Waals surface area contributed by atoms with E-state index in [2.05, 4.69) is 49.4 Å². The van der Waals surface area contributed by atoms with Gasteiger partial charge in [0.2, 0.25) is 0 Å². The van der Waals surface area contributed by atoms with Crippen LogP contribution >= 0.6 is 11.9 Å². The summed E-state index contributed by atoms with van der Waals surface area (Å²) in [6, 6.07) is 20.1. The van der Waals surface area contributed by atoms with Crippen molar-refractivity contribution in [2.24, 2.45) is 0 Å². The molecule has 2 aromatic carbocycles. The van der Waals surface area contributed by atoms with Crippen molar-refractivity contribution in [3.63, 3.8) is 0 Å². The summed E-state index contributed by atoms with van der Waals surface area (Å²) in [6.45, 7) is 7.99. The first-order valence-corrected chi connectivity index (χ1v) is 14.1. The fourth-order valence-corrected chi connectivity index (χ4v) is 5.31. The Balaban J connectivity index is 1.25. The number of hydrogen-bond donors (Lipinski definition) is 3. The molecule has 41 heavy (non-hydrogen) atoms. The Labute approximate surface area is 242 Å². The molecule has 9 nitrogen and oxygen atoms in total. The third kappa shape index (κ3) is 5.84. The number of hydrogen-bond acceptors (Lipinski definition) is 9. The summed E-state index contributed by atoms with van der Waals surface area (Å²) in [4.78, 5) is 10.5. The van der Waals surface area contributed by atoms with Crippen molar-refractivity contribution in [2.45, 2.75) is 44.7 Å². The lowest BCUT2D eigenvalue weighted by molar-refractivity contribution is 0.0591. The summed E-state index contributed by atoms with van der Waals surface area (Å²) in [5.74, 6) is 1.45. The predicted octanol–water partition coefficient (Wildman–Crippen LogP) is 6.69. The fourth-order valence-electron chi connectivity index (χ4n) is 4.71. The van der Waals surface area contributed by atoms with E-state index in [-0.39, 0.29) is 0 Å². The smallest absolute Gasteiger partial charge is 0.158 e. The van der Waals surface area contributed by atoms with E-state index in [4.69, 9.17) is 4.98 Å². The Hall–Kier alpha value is -4.54. The Kier molecular flexibility index (Phi) is 7.02. The summed E-state index contributed by atoms with van der Waals surface area (Å²) < 4.78 is 5.07. The molecule has 4 heterocycles. The predicted molar refractivity (Wildman–Crippen MR) is 165 cm³/mol. The van der Waals surface area contributed by atoms with Gasteiger partial charge < -0.3 is 15.1 Å². The summed E-state index contributed by atoms with van der Waals surface area (Å²) in [5, 5.41) is 29.5. The zero-order chi connectivity index (χ0) is 28.6. The van der Waals surface area contributed by atoms with Crippen molar-refractivity contribution in [1.82, 2.24) is 29.9 Å². The lowest BCUT2D eigenvalue weighted by Gasteiger charge is -2.18. The monoisotopic (exact) mass is 562 g/mol. The number of aliphatic hydroxyl groups is 1. The van der Waals surface area contributed by atoms with Crippen LogP contribution in [-0.4, -0.2) is 40.7 Å². The number of aromatic nitrogens is 6. The first kappa shape index (κ1) is 26.7. The van der Waals surface area contributed by atoms with Crippen molar-refractivity contribution >= 4 is 50.9 Å². The minimum atomic E-state index is -0.855. The second-order valence-corrected chi connectivity index (χ2v) is 11.5. The molecule has 0 aliphatic rings. The SMILES string of the molecule is Cc1ccc(NSc2ccc(Nc3cc4c(-c5ccc6c(cnn6CC(C)(C)O)c5C)nccc4cn3)cc2)nn1. The quantitative estimate of drug-likeness (QED) is 0.175. The Morgan fingerprint density at radius 3 is 2.46 bits per heavy atom. The van der Waals surface area contributed by atoms with E-state index in [9.17, 15) is 5.11 Å². The Bertz CT molecular complexity index is 1840. The van der Waals surface area contributed by atoms with E-state index >= 15 is 0 Å². The maximum absolute atomic E-state index is 10.3. The second kappa shape index (κ2) is 10.8. The minimum Gasteiger partial charge on any atom is -0.389 e. The van der Waals surface area contributed by atoms with Crippen LogP contribution in [-0.2, 0) is 6.54 Å². The van der Waals surface area contributed by atoms with Gasteiger partial charge in [0.05, 0.1) is 35.2 Å². The van der Waals surface area contributed by atoms with E-state index in [1.807, 2.05) is 78.7 Å². The van der Waals surface area contributed by atoms with Gasteiger partial charge in [-0.15, -0.1) is 5.10 Å². The molecule has 0 atom stereocenters. The van der Waals surface area contributed by atoms with Crippen molar-refractivity contribution in [1.29, 1.82) is 0 Å². The van der Waals surface area contributed by atoms with Crippen LogP contribution in [0.5, 0.6) is 0 Å². The van der Waals surface area contributed by atoms with Crippen molar-refractivity contribution < 1.29 is 5.11 Å². The van der Waals surface area contributed by atoms with Gasteiger partial charge in [-0.2, -0.15) is 10.2 Å². The molecular formula is C31H30N8OS. The van der Waals surface area contributed by atoms with Gasteiger partial charge in [0, 0.05) is 44.7 Å². The van der Waals surface area contributed by atoms with Crippen LogP contribution in [0.15, 0.2) is 84.1 Å². The molecule has 0 bridgehead atoms. The van der Waals surface area contributed by atoms with E-state index < -0.39 is 5.60 Å². The molecule has 0 saturated heterocycles. The zero-order valence-electron chi connectivity index (χ0n) is 23.3. The van der Waals surface area contributed by atoms with Gasteiger partial charge in [0.15, 0.2) is 5.82 Å². The van der Waals surface area contributed by atoms with Gasteiger partial charge in [0.1, 0.15) is 5.82 Å². The average molecular weight is 563 g/mol. The van der Waals surface area contributed by atoms with Gasteiger partial charge in [-0.25, -0.2) is 4.98 Å². The van der Waals surface area contributed by atoms with Crippen LogP contribution in [0.4, 0.5) is 17.3 Å². The summed E-state index contributed by atoms with van der Waals surface area (Å²) in [6.07, 6.45) is 5.56. The highest BCUT2D eigenvalue weighted by molar-refractivity contribution is 8.00. The van der Waals surface area contributed by atoms with Crippen molar-refractivity contribution in [2.75, 3.05) is 10.0 Å². The van der Waals surface area contributed by atoms with E-state index in [1.54, 1.807) is 13.8 Å². The van der Waals surface area contributed by atoms with Gasteiger partial charge in [-0.05, 0) is 99.8 Å². The minimum absolute atomic E-state index is 0.417. The molecule has 10 heteroatoms. The number of nitrogens with one attached hydrogen (secondary N) is 2. The van der Waals surface area contributed by atoms with E-state index in [1.165, 1.54) is 11.9 Å². The van der Waals surface area contributed by atoms with Crippen LogP contribution in [0.2, 0.25) is 0 Å². The van der Waals surface area contributed by atoms with E-state index in [0.29, 0.717) is 12.4 Å². The maximum atomic E-state index is 10.3. The van der Waals surface area contributed by atoms with Gasteiger partial charge in [0.25, 0.3) is 0 Å². The topological polar surface area (TPSA) is 114 Å². The van der Waals surface area contributed by atoms with Gasteiger partial charge in [-0.3, -0.25) is 9.67 Å². The number of anilines is 3. The first-order chi connectivity index (χ1) is 19.7. The molecule has 0 radical (unpaired) electrons. The Morgan fingerprint density at radius 2 is 1.71 bits per heavy atom. The first-order valence-electron chi connectivity index (χ1n) is 13.3. The number of pyridine rings is 2. The largest absolute Gasteiger partial charge is 0.389 e. The molecule has 0 amide bonds. The molecular weight excluding hydrogens is 532 g/mol. The van der Waals surface area contributed by atoms with Gasteiger partial charge in [-0.1, -0.05) is 6.07 Å². The molecule has 4 aromatic heterocycles. The molecule has 6 rings (SSSR count). The molecule has 3 N–H and O–H groups in total. The molecule has 0 saturated carbocycles. The lowest BCUT2D eigenvalue weighted by Crippen LogP contribution is -2.26. The molecule has 0 spiro atoms. The number of aryl methyl sites for hydroxylation is 2. The van der Waals surface area contributed by atoms with Crippen molar-refractivity contribution in [3.8, 4) is 11.3 Å².